The lowest BCUT2D eigenvalue weighted by atomic mass is 10.2. The highest BCUT2D eigenvalue weighted by Gasteiger charge is 2.08. The predicted octanol–water partition coefficient (Wildman–Crippen LogP) is 4.51. The van der Waals surface area contributed by atoms with Gasteiger partial charge in [-0.3, -0.25) is 4.79 Å². The normalized spacial score (nSPS) is 11.6. The first-order valence-electron chi connectivity index (χ1n) is 8.52. The molecule has 0 unspecified atom stereocenters. The highest BCUT2D eigenvalue weighted by molar-refractivity contribution is 7.99. The molecule has 3 rings (SSSR count). The topological polar surface area (TPSA) is 34.4 Å². The van der Waals surface area contributed by atoms with Gasteiger partial charge in [-0.15, -0.1) is 18.2 Å². The quantitative estimate of drug-likeness (QED) is 0.466. The molecule has 3 aromatic rings. The Bertz CT molecular complexity index is 1010. The number of terminal acetylenes is 1. The summed E-state index contributed by atoms with van der Waals surface area (Å²) in [4.78, 5) is 18.5. The van der Waals surface area contributed by atoms with Crippen LogP contribution in [-0.4, -0.2) is 16.2 Å². The molecule has 0 spiro atoms. The number of carbonyl (C=O) groups excluding carboxylic acids is 1. The van der Waals surface area contributed by atoms with Crippen molar-refractivity contribution in [3.63, 3.8) is 0 Å². The van der Waals surface area contributed by atoms with Crippen LogP contribution in [0.5, 0.6) is 0 Å². The minimum absolute atomic E-state index is 0.110. The third-order valence-corrected chi connectivity index (χ3v) is 6.01. The number of rotatable bonds is 6. The Balaban J connectivity index is 1.80. The van der Waals surface area contributed by atoms with Crippen molar-refractivity contribution >= 4 is 39.2 Å². The molecule has 0 saturated heterocycles. The van der Waals surface area contributed by atoms with Crippen LogP contribution in [0.4, 0.5) is 0 Å². The molecule has 5 heteroatoms. The molecule has 1 heterocycles. The standard InChI is InChI=1S/C21H20N2OS2/c1-3-13-23-18-11-10-16(4-2)15-19(18)26-21(23)22-20(24)12-14-25-17-8-6-5-7-9-17/h1,5-11,15H,4,12-14H2,2H3. The highest BCUT2D eigenvalue weighted by Crippen LogP contribution is 2.20. The molecule has 0 saturated carbocycles. The third-order valence-electron chi connectivity index (χ3n) is 3.95. The zero-order valence-electron chi connectivity index (χ0n) is 14.6. The highest BCUT2D eigenvalue weighted by atomic mass is 32.2. The van der Waals surface area contributed by atoms with E-state index in [2.05, 4.69) is 36.0 Å². The fourth-order valence-electron chi connectivity index (χ4n) is 2.60. The second kappa shape index (κ2) is 8.88. The summed E-state index contributed by atoms with van der Waals surface area (Å²) >= 11 is 3.19. The molecule has 132 valence electrons. The van der Waals surface area contributed by atoms with Gasteiger partial charge in [0.05, 0.1) is 16.8 Å². The lowest BCUT2D eigenvalue weighted by molar-refractivity contribution is -0.117. The number of hydrogen-bond acceptors (Lipinski definition) is 3. The predicted molar refractivity (Wildman–Crippen MR) is 110 cm³/mol. The zero-order chi connectivity index (χ0) is 18.4. The van der Waals surface area contributed by atoms with Crippen molar-refractivity contribution in [1.29, 1.82) is 0 Å². The molecule has 2 aromatic carbocycles. The van der Waals surface area contributed by atoms with Crippen molar-refractivity contribution in [1.82, 2.24) is 4.57 Å². The van der Waals surface area contributed by atoms with E-state index in [0.29, 0.717) is 23.5 Å². The number of thiazole rings is 1. The van der Waals surface area contributed by atoms with Crippen molar-refractivity contribution in [3.05, 3.63) is 58.9 Å². The Labute approximate surface area is 161 Å². The second-order valence-corrected chi connectivity index (χ2v) is 7.93. The van der Waals surface area contributed by atoms with E-state index in [1.165, 1.54) is 16.9 Å². The van der Waals surface area contributed by atoms with E-state index in [9.17, 15) is 4.79 Å². The van der Waals surface area contributed by atoms with Crippen LogP contribution in [0.1, 0.15) is 18.9 Å². The molecule has 0 atom stereocenters. The van der Waals surface area contributed by atoms with Crippen molar-refractivity contribution in [3.8, 4) is 12.3 Å². The van der Waals surface area contributed by atoms with Crippen LogP contribution >= 0.6 is 23.1 Å². The maximum atomic E-state index is 12.3. The van der Waals surface area contributed by atoms with E-state index in [1.807, 2.05) is 34.9 Å². The van der Waals surface area contributed by atoms with E-state index < -0.39 is 0 Å². The fraction of sp³-hybridized carbons (Fsp3) is 0.238. The lowest BCUT2D eigenvalue weighted by Crippen LogP contribution is -2.16. The largest absolute Gasteiger partial charge is 0.305 e. The van der Waals surface area contributed by atoms with Crippen molar-refractivity contribution in [2.45, 2.75) is 31.2 Å². The Morgan fingerprint density at radius 3 is 2.81 bits per heavy atom. The summed E-state index contributed by atoms with van der Waals surface area (Å²) in [6.45, 7) is 2.54. The summed E-state index contributed by atoms with van der Waals surface area (Å²) < 4.78 is 3.06. The molecule has 0 radical (unpaired) electrons. The number of aryl methyl sites for hydroxylation is 1. The molecule has 26 heavy (non-hydrogen) atoms. The smallest absolute Gasteiger partial charge is 0.249 e. The lowest BCUT2D eigenvalue weighted by Gasteiger charge is -2.01. The number of amides is 1. The van der Waals surface area contributed by atoms with Gasteiger partial charge in [0.25, 0.3) is 0 Å². The number of aromatic nitrogens is 1. The van der Waals surface area contributed by atoms with Crippen molar-refractivity contribution in [2.75, 3.05) is 5.75 Å². The van der Waals surface area contributed by atoms with E-state index >= 15 is 0 Å². The summed E-state index contributed by atoms with van der Waals surface area (Å²) in [6.07, 6.45) is 6.90. The number of carbonyl (C=O) groups is 1. The third kappa shape index (κ3) is 4.46. The van der Waals surface area contributed by atoms with Gasteiger partial charge in [-0.2, -0.15) is 4.99 Å². The minimum atomic E-state index is -0.110. The number of hydrogen-bond donors (Lipinski definition) is 0. The fourth-order valence-corrected chi connectivity index (χ4v) is 4.57. The first-order chi connectivity index (χ1) is 12.7. The molecule has 0 fully saturated rings. The van der Waals surface area contributed by atoms with Gasteiger partial charge in [0.2, 0.25) is 5.91 Å². The van der Waals surface area contributed by atoms with E-state index in [0.717, 1.165) is 21.5 Å². The van der Waals surface area contributed by atoms with Crippen LogP contribution in [-0.2, 0) is 17.8 Å². The van der Waals surface area contributed by atoms with Crippen LogP contribution < -0.4 is 4.80 Å². The van der Waals surface area contributed by atoms with Gasteiger partial charge >= 0.3 is 0 Å². The Kier molecular flexibility index (Phi) is 6.32. The molecular weight excluding hydrogens is 360 g/mol. The maximum Gasteiger partial charge on any atom is 0.249 e. The second-order valence-electron chi connectivity index (χ2n) is 5.75. The van der Waals surface area contributed by atoms with Crippen LogP contribution in [0, 0.1) is 12.3 Å². The van der Waals surface area contributed by atoms with Gasteiger partial charge in [0.15, 0.2) is 4.80 Å². The van der Waals surface area contributed by atoms with Gasteiger partial charge < -0.3 is 4.57 Å². The molecule has 0 N–H and O–H groups in total. The monoisotopic (exact) mass is 380 g/mol. The molecular formula is C21H20N2OS2. The van der Waals surface area contributed by atoms with Gasteiger partial charge in [0, 0.05) is 17.1 Å². The number of fused-ring (bicyclic) bond motifs is 1. The van der Waals surface area contributed by atoms with Crippen LogP contribution in [0.3, 0.4) is 0 Å². The molecule has 1 amide bonds. The minimum Gasteiger partial charge on any atom is -0.305 e. The molecule has 1 aromatic heterocycles. The van der Waals surface area contributed by atoms with Gasteiger partial charge in [-0.05, 0) is 36.2 Å². The van der Waals surface area contributed by atoms with Crippen LogP contribution in [0.2, 0.25) is 0 Å². The average Bonchev–Trinajstić information content (AvgIpc) is 2.99. The summed E-state index contributed by atoms with van der Waals surface area (Å²) in [5, 5.41) is 0. The summed E-state index contributed by atoms with van der Waals surface area (Å²) in [7, 11) is 0. The van der Waals surface area contributed by atoms with Crippen LogP contribution in [0.25, 0.3) is 10.2 Å². The molecule has 0 aliphatic carbocycles. The average molecular weight is 381 g/mol. The zero-order valence-corrected chi connectivity index (χ0v) is 16.3. The number of thioether (sulfide) groups is 1. The molecule has 3 nitrogen and oxygen atoms in total. The van der Waals surface area contributed by atoms with E-state index in [-0.39, 0.29) is 5.91 Å². The Hall–Kier alpha value is -2.29. The maximum absolute atomic E-state index is 12.3. The Morgan fingerprint density at radius 2 is 2.08 bits per heavy atom. The van der Waals surface area contributed by atoms with Gasteiger partial charge in [0.1, 0.15) is 0 Å². The van der Waals surface area contributed by atoms with E-state index in [4.69, 9.17) is 6.42 Å². The van der Waals surface area contributed by atoms with Gasteiger partial charge in [-0.1, -0.05) is 48.4 Å². The number of nitrogens with zero attached hydrogens (tertiary/aromatic N) is 2. The summed E-state index contributed by atoms with van der Waals surface area (Å²) in [5.41, 5.74) is 2.30. The van der Waals surface area contributed by atoms with Gasteiger partial charge in [-0.25, -0.2) is 0 Å². The molecule has 0 bridgehead atoms. The first-order valence-corrected chi connectivity index (χ1v) is 10.3. The number of benzene rings is 2. The summed E-state index contributed by atoms with van der Waals surface area (Å²) in [5.74, 6) is 3.27. The first kappa shape index (κ1) is 18.5. The summed E-state index contributed by atoms with van der Waals surface area (Å²) in [6, 6.07) is 16.4. The van der Waals surface area contributed by atoms with E-state index in [1.54, 1.807) is 11.8 Å². The molecule has 0 aliphatic rings. The Morgan fingerprint density at radius 1 is 1.27 bits per heavy atom. The SMILES string of the molecule is C#CCn1c(=NC(=O)CCSc2ccccc2)sc2cc(CC)ccc21. The van der Waals surface area contributed by atoms with Crippen LogP contribution in [0.15, 0.2) is 58.4 Å². The van der Waals surface area contributed by atoms with Crippen molar-refractivity contribution in [2.24, 2.45) is 4.99 Å². The van der Waals surface area contributed by atoms with Crippen molar-refractivity contribution < 1.29 is 4.79 Å². The molecule has 0 aliphatic heterocycles.